The van der Waals surface area contributed by atoms with Crippen molar-refractivity contribution in [3.05, 3.63) is 39.7 Å². The predicted molar refractivity (Wildman–Crippen MR) is 58.5 cm³/mol. The van der Waals surface area contributed by atoms with Crippen LogP contribution in [0.25, 0.3) is 0 Å². The van der Waals surface area contributed by atoms with Crippen molar-refractivity contribution in [2.24, 2.45) is 0 Å². The molecule has 18 heavy (non-hydrogen) atoms. The molecule has 0 aliphatic heterocycles. The smallest absolute Gasteiger partial charge is 0.285 e. The van der Waals surface area contributed by atoms with E-state index < -0.39 is 41.6 Å². The molecule has 0 heterocycles. The van der Waals surface area contributed by atoms with Gasteiger partial charge in [-0.25, -0.2) is 4.39 Å². The minimum Gasteiger partial charge on any atom is -0.394 e. The van der Waals surface area contributed by atoms with Crippen molar-refractivity contribution in [2.45, 2.75) is 6.04 Å². The molecule has 1 aromatic carbocycles. The number of amides is 1. The molecule has 0 saturated carbocycles. The first-order valence-electron chi connectivity index (χ1n) is 4.96. The van der Waals surface area contributed by atoms with Crippen LogP contribution in [-0.4, -0.2) is 40.3 Å². The van der Waals surface area contributed by atoms with E-state index in [1.165, 1.54) is 0 Å². The third kappa shape index (κ3) is 3.22. The van der Waals surface area contributed by atoms with Crippen molar-refractivity contribution >= 4 is 11.6 Å². The molecule has 0 aliphatic rings. The topological polar surface area (TPSA) is 113 Å². The Labute approximate surface area is 101 Å². The zero-order valence-electron chi connectivity index (χ0n) is 9.17. The molecule has 0 saturated heterocycles. The molecule has 0 aliphatic carbocycles. The molecule has 0 fully saturated rings. The summed E-state index contributed by atoms with van der Waals surface area (Å²) in [5.74, 6) is -1.70. The van der Waals surface area contributed by atoms with Gasteiger partial charge in [-0.1, -0.05) is 0 Å². The molecule has 7 nitrogen and oxygen atoms in total. The molecule has 1 rings (SSSR count). The number of aliphatic hydroxyl groups is 2. The summed E-state index contributed by atoms with van der Waals surface area (Å²) in [7, 11) is 0. The average Bonchev–Trinajstić information content (AvgIpc) is 2.35. The van der Waals surface area contributed by atoms with Crippen molar-refractivity contribution in [1.82, 2.24) is 5.32 Å². The van der Waals surface area contributed by atoms with Crippen LogP contribution in [0.5, 0.6) is 0 Å². The summed E-state index contributed by atoms with van der Waals surface area (Å²) in [6.07, 6.45) is 0. The lowest BCUT2D eigenvalue weighted by atomic mass is 10.1. The number of hydrogen-bond donors (Lipinski definition) is 3. The number of nitro benzene ring substituents is 1. The van der Waals surface area contributed by atoms with Gasteiger partial charge in [0.05, 0.1) is 30.2 Å². The number of nitrogens with one attached hydrogen (secondary N) is 1. The maximum atomic E-state index is 12.8. The maximum absolute atomic E-state index is 12.8. The summed E-state index contributed by atoms with van der Waals surface area (Å²) in [5, 5.41) is 30.4. The summed E-state index contributed by atoms with van der Waals surface area (Å²) in [4.78, 5) is 21.4. The van der Waals surface area contributed by atoms with E-state index in [0.29, 0.717) is 6.07 Å². The third-order valence-electron chi connectivity index (χ3n) is 2.18. The number of aliphatic hydroxyl groups excluding tert-OH is 2. The van der Waals surface area contributed by atoms with Crippen LogP contribution in [0.4, 0.5) is 10.1 Å². The molecule has 1 amide bonds. The Balaban J connectivity index is 3.02. The Morgan fingerprint density at radius 1 is 1.44 bits per heavy atom. The molecule has 1 aromatic rings. The molecular weight excluding hydrogens is 247 g/mol. The van der Waals surface area contributed by atoms with Gasteiger partial charge in [0.1, 0.15) is 11.4 Å². The fraction of sp³-hybridized carbons (Fsp3) is 0.300. The van der Waals surface area contributed by atoms with E-state index in [0.717, 1.165) is 12.1 Å². The van der Waals surface area contributed by atoms with Gasteiger partial charge in [-0.3, -0.25) is 14.9 Å². The van der Waals surface area contributed by atoms with Gasteiger partial charge in [0, 0.05) is 0 Å². The summed E-state index contributed by atoms with van der Waals surface area (Å²) in [6, 6.07) is 1.58. The molecule has 0 spiro atoms. The number of hydrogen-bond acceptors (Lipinski definition) is 5. The standard InChI is InChI=1S/C10H11FN2O5/c11-6-1-2-8(9(3-6)13(17)18)10(16)12-7(4-14)5-15/h1-3,7,14-15H,4-5H2,(H,12,16). The largest absolute Gasteiger partial charge is 0.394 e. The fourth-order valence-electron chi connectivity index (χ4n) is 1.26. The van der Waals surface area contributed by atoms with Crippen LogP contribution in [0, 0.1) is 15.9 Å². The monoisotopic (exact) mass is 258 g/mol. The number of carbonyl (C=O) groups excluding carboxylic acids is 1. The summed E-state index contributed by atoms with van der Waals surface area (Å²) in [6.45, 7) is -1.03. The van der Waals surface area contributed by atoms with Gasteiger partial charge in [-0.2, -0.15) is 0 Å². The van der Waals surface area contributed by atoms with Crippen LogP contribution >= 0.6 is 0 Å². The second-order valence-corrected chi connectivity index (χ2v) is 3.45. The molecule has 0 bridgehead atoms. The van der Waals surface area contributed by atoms with Crippen molar-refractivity contribution in [3.8, 4) is 0 Å². The number of nitrogens with zero attached hydrogens (tertiary/aromatic N) is 1. The minimum atomic E-state index is -0.929. The fourth-order valence-corrected chi connectivity index (χ4v) is 1.26. The van der Waals surface area contributed by atoms with E-state index in [2.05, 4.69) is 5.32 Å². The first-order chi connectivity index (χ1) is 8.49. The lowest BCUT2D eigenvalue weighted by Gasteiger charge is -2.13. The van der Waals surface area contributed by atoms with Crippen LogP contribution in [0.3, 0.4) is 0 Å². The van der Waals surface area contributed by atoms with Crippen molar-refractivity contribution < 1.29 is 24.3 Å². The van der Waals surface area contributed by atoms with Crippen LogP contribution in [-0.2, 0) is 0 Å². The van der Waals surface area contributed by atoms with Crippen LogP contribution in [0.15, 0.2) is 18.2 Å². The highest BCUT2D eigenvalue weighted by atomic mass is 19.1. The lowest BCUT2D eigenvalue weighted by molar-refractivity contribution is -0.385. The lowest BCUT2D eigenvalue weighted by Crippen LogP contribution is -2.40. The SMILES string of the molecule is O=C(NC(CO)CO)c1ccc(F)cc1[N+](=O)[O-]. The number of benzene rings is 1. The molecule has 0 aromatic heterocycles. The van der Waals surface area contributed by atoms with E-state index in [9.17, 15) is 19.3 Å². The van der Waals surface area contributed by atoms with Crippen LogP contribution in [0.1, 0.15) is 10.4 Å². The van der Waals surface area contributed by atoms with Crippen LogP contribution in [0.2, 0.25) is 0 Å². The highest BCUT2D eigenvalue weighted by molar-refractivity contribution is 5.98. The molecule has 98 valence electrons. The summed E-state index contributed by atoms with van der Waals surface area (Å²) < 4.78 is 12.8. The highest BCUT2D eigenvalue weighted by Crippen LogP contribution is 2.19. The number of rotatable bonds is 5. The van der Waals surface area contributed by atoms with Gasteiger partial charge in [0.15, 0.2) is 0 Å². The number of nitro groups is 1. The van der Waals surface area contributed by atoms with Gasteiger partial charge in [0.25, 0.3) is 11.6 Å². The zero-order valence-corrected chi connectivity index (χ0v) is 9.17. The average molecular weight is 258 g/mol. The highest BCUT2D eigenvalue weighted by Gasteiger charge is 2.22. The van der Waals surface area contributed by atoms with E-state index >= 15 is 0 Å². The minimum absolute atomic E-state index is 0.340. The Kier molecular flexibility index (Phi) is 4.69. The number of carbonyl (C=O) groups is 1. The normalized spacial score (nSPS) is 10.4. The van der Waals surface area contributed by atoms with Crippen molar-refractivity contribution in [1.29, 1.82) is 0 Å². The quantitative estimate of drug-likeness (QED) is 0.500. The maximum Gasteiger partial charge on any atom is 0.285 e. The molecule has 8 heteroatoms. The van der Waals surface area contributed by atoms with Gasteiger partial charge < -0.3 is 15.5 Å². The third-order valence-corrected chi connectivity index (χ3v) is 2.18. The van der Waals surface area contributed by atoms with Gasteiger partial charge in [0.2, 0.25) is 0 Å². The Morgan fingerprint density at radius 2 is 2.06 bits per heavy atom. The Hall–Kier alpha value is -2.06. The van der Waals surface area contributed by atoms with Crippen LogP contribution < -0.4 is 5.32 Å². The number of halogens is 1. The van der Waals surface area contributed by atoms with E-state index in [1.54, 1.807) is 0 Å². The van der Waals surface area contributed by atoms with Crippen molar-refractivity contribution in [2.75, 3.05) is 13.2 Å². The first kappa shape index (κ1) is 14.0. The first-order valence-corrected chi connectivity index (χ1v) is 4.96. The zero-order chi connectivity index (χ0) is 13.7. The second kappa shape index (κ2) is 6.03. The van der Waals surface area contributed by atoms with Gasteiger partial charge in [-0.05, 0) is 12.1 Å². The summed E-state index contributed by atoms with van der Waals surface area (Å²) in [5.41, 5.74) is -1.02. The predicted octanol–water partition coefficient (Wildman–Crippen LogP) is -0.183. The van der Waals surface area contributed by atoms with Gasteiger partial charge in [-0.15, -0.1) is 0 Å². The molecule has 0 atom stereocenters. The Bertz CT molecular complexity index is 462. The van der Waals surface area contributed by atoms with E-state index in [4.69, 9.17) is 10.2 Å². The molecular formula is C10H11FN2O5. The van der Waals surface area contributed by atoms with E-state index in [-0.39, 0.29) is 5.56 Å². The van der Waals surface area contributed by atoms with Gasteiger partial charge >= 0.3 is 0 Å². The van der Waals surface area contributed by atoms with E-state index in [1.807, 2.05) is 0 Å². The molecule has 0 radical (unpaired) electrons. The molecule has 0 unspecified atom stereocenters. The molecule has 3 N–H and O–H groups in total. The summed E-state index contributed by atoms with van der Waals surface area (Å²) >= 11 is 0. The van der Waals surface area contributed by atoms with Crippen molar-refractivity contribution in [3.63, 3.8) is 0 Å². The Morgan fingerprint density at radius 3 is 2.56 bits per heavy atom. The second-order valence-electron chi connectivity index (χ2n) is 3.45.